The molecule has 0 amide bonds. The van der Waals surface area contributed by atoms with Crippen molar-refractivity contribution in [3.63, 3.8) is 0 Å². The Balaban J connectivity index is 2.11. The van der Waals surface area contributed by atoms with Gasteiger partial charge in [-0.15, -0.1) is 0 Å². The molecule has 19 heavy (non-hydrogen) atoms. The second-order valence-corrected chi connectivity index (χ2v) is 6.62. The van der Waals surface area contributed by atoms with E-state index in [1.54, 1.807) is 0 Å². The van der Waals surface area contributed by atoms with Crippen molar-refractivity contribution in [1.82, 2.24) is 9.78 Å². The SMILES string of the molecule is CCc1nn(CC)c(CC(O)C2CCC(C)C2)c1Br. The van der Waals surface area contributed by atoms with Crippen LogP contribution >= 0.6 is 15.9 Å². The highest BCUT2D eigenvalue weighted by molar-refractivity contribution is 9.10. The average molecular weight is 329 g/mol. The minimum absolute atomic E-state index is 0.229. The Hall–Kier alpha value is -0.350. The molecule has 0 aliphatic heterocycles. The highest BCUT2D eigenvalue weighted by Crippen LogP contribution is 2.34. The van der Waals surface area contributed by atoms with Gasteiger partial charge in [0.25, 0.3) is 0 Å². The van der Waals surface area contributed by atoms with E-state index in [4.69, 9.17) is 0 Å². The lowest BCUT2D eigenvalue weighted by atomic mass is 9.96. The van der Waals surface area contributed by atoms with Crippen molar-refractivity contribution in [2.24, 2.45) is 11.8 Å². The number of aryl methyl sites for hydroxylation is 2. The van der Waals surface area contributed by atoms with Crippen LogP contribution in [0, 0.1) is 11.8 Å². The summed E-state index contributed by atoms with van der Waals surface area (Å²) >= 11 is 3.66. The van der Waals surface area contributed by atoms with Gasteiger partial charge in [-0.05, 0) is 54.0 Å². The summed E-state index contributed by atoms with van der Waals surface area (Å²) in [6.07, 6.45) is 5.01. The fourth-order valence-corrected chi connectivity index (χ4v) is 3.90. The molecule has 0 saturated heterocycles. The lowest BCUT2D eigenvalue weighted by Crippen LogP contribution is -2.22. The van der Waals surface area contributed by atoms with E-state index in [1.807, 2.05) is 4.68 Å². The average Bonchev–Trinajstić information content (AvgIpc) is 2.95. The molecule has 1 aliphatic carbocycles. The molecule has 1 N–H and O–H groups in total. The van der Waals surface area contributed by atoms with Crippen LogP contribution in [0.1, 0.15) is 51.4 Å². The summed E-state index contributed by atoms with van der Waals surface area (Å²) in [7, 11) is 0. The molecular weight excluding hydrogens is 304 g/mol. The first-order chi connectivity index (χ1) is 9.06. The van der Waals surface area contributed by atoms with Gasteiger partial charge in [0.2, 0.25) is 0 Å². The molecule has 0 aromatic carbocycles. The van der Waals surface area contributed by atoms with Crippen molar-refractivity contribution in [3.05, 3.63) is 15.9 Å². The lowest BCUT2D eigenvalue weighted by Gasteiger charge is -2.18. The predicted octanol–water partition coefficient (Wildman–Crippen LogP) is 3.57. The number of aromatic nitrogens is 2. The van der Waals surface area contributed by atoms with E-state index >= 15 is 0 Å². The van der Waals surface area contributed by atoms with Gasteiger partial charge in [-0.1, -0.05) is 20.3 Å². The molecule has 0 spiro atoms. The van der Waals surface area contributed by atoms with E-state index in [-0.39, 0.29) is 6.10 Å². The number of aliphatic hydroxyl groups excluding tert-OH is 1. The van der Waals surface area contributed by atoms with E-state index in [9.17, 15) is 5.11 Å². The maximum absolute atomic E-state index is 10.5. The van der Waals surface area contributed by atoms with Gasteiger partial charge in [-0.25, -0.2) is 0 Å². The maximum atomic E-state index is 10.5. The number of nitrogens with zero attached hydrogens (tertiary/aromatic N) is 2. The number of rotatable bonds is 5. The third-order valence-corrected chi connectivity index (χ3v) is 5.29. The molecule has 1 saturated carbocycles. The van der Waals surface area contributed by atoms with Gasteiger partial charge in [0, 0.05) is 13.0 Å². The molecule has 2 rings (SSSR count). The summed E-state index contributed by atoms with van der Waals surface area (Å²) in [5, 5.41) is 15.1. The van der Waals surface area contributed by atoms with Crippen LogP contribution in [0.4, 0.5) is 0 Å². The van der Waals surface area contributed by atoms with E-state index < -0.39 is 0 Å². The van der Waals surface area contributed by atoms with Crippen LogP contribution in [0.5, 0.6) is 0 Å². The molecule has 3 unspecified atom stereocenters. The standard InChI is InChI=1S/C15H25BrN2O/c1-4-12-15(16)13(18(5-2)17-12)9-14(19)11-7-6-10(3)8-11/h10-11,14,19H,4-9H2,1-3H3. The van der Waals surface area contributed by atoms with Gasteiger partial charge in [0.1, 0.15) is 0 Å². The van der Waals surface area contributed by atoms with Crippen LogP contribution in [0.15, 0.2) is 4.47 Å². The van der Waals surface area contributed by atoms with Gasteiger partial charge < -0.3 is 5.11 Å². The van der Waals surface area contributed by atoms with Crippen LogP contribution < -0.4 is 0 Å². The summed E-state index contributed by atoms with van der Waals surface area (Å²) in [5.41, 5.74) is 2.26. The van der Waals surface area contributed by atoms with E-state index in [0.29, 0.717) is 5.92 Å². The third-order valence-electron chi connectivity index (χ3n) is 4.38. The Kier molecular flexibility index (Phi) is 5.07. The molecule has 108 valence electrons. The van der Waals surface area contributed by atoms with Gasteiger partial charge >= 0.3 is 0 Å². The second-order valence-electron chi connectivity index (χ2n) is 5.83. The first kappa shape index (κ1) is 15.0. The van der Waals surface area contributed by atoms with E-state index in [0.717, 1.165) is 41.2 Å². The fourth-order valence-electron chi connectivity index (χ4n) is 3.18. The number of hydrogen-bond acceptors (Lipinski definition) is 2. The van der Waals surface area contributed by atoms with Crippen molar-refractivity contribution < 1.29 is 5.11 Å². The predicted molar refractivity (Wildman–Crippen MR) is 81.2 cm³/mol. The topological polar surface area (TPSA) is 38.0 Å². The van der Waals surface area contributed by atoms with Crippen LogP contribution in [0.25, 0.3) is 0 Å². The fraction of sp³-hybridized carbons (Fsp3) is 0.800. The molecule has 0 radical (unpaired) electrons. The Labute approximate surface area is 124 Å². The summed E-state index contributed by atoms with van der Waals surface area (Å²) in [5.74, 6) is 1.23. The Morgan fingerprint density at radius 3 is 2.68 bits per heavy atom. The molecule has 1 fully saturated rings. The largest absolute Gasteiger partial charge is 0.392 e. The lowest BCUT2D eigenvalue weighted by molar-refractivity contribution is 0.107. The Morgan fingerprint density at radius 1 is 1.42 bits per heavy atom. The van der Waals surface area contributed by atoms with Gasteiger partial charge in [-0.2, -0.15) is 5.10 Å². The smallest absolute Gasteiger partial charge is 0.0766 e. The molecule has 1 aromatic rings. The number of aliphatic hydroxyl groups is 1. The van der Waals surface area contributed by atoms with E-state index in [1.165, 1.54) is 19.3 Å². The van der Waals surface area contributed by atoms with Crippen molar-refractivity contribution >= 4 is 15.9 Å². The number of halogens is 1. The highest BCUT2D eigenvalue weighted by atomic mass is 79.9. The van der Waals surface area contributed by atoms with Crippen LogP contribution in [0.2, 0.25) is 0 Å². The molecule has 1 heterocycles. The van der Waals surface area contributed by atoms with E-state index in [2.05, 4.69) is 41.8 Å². The quantitative estimate of drug-likeness (QED) is 0.897. The minimum Gasteiger partial charge on any atom is -0.392 e. The molecule has 0 bridgehead atoms. The van der Waals surface area contributed by atoms with Crippen molar-refractivity contribution in [2.45, 2.75) is 65.5 Å². The van der Waals surface area contributed by atoms with Crippen molar-refractivity contribution in [1.29, 1.82) is 0 Å². The summed E-state index contributed by atoms with van der Waals surface area (Å²) in [4.78, 5) is 0. The summed E-state index contributed by atoms with van der Waals surface area (Å²) in [6.45, 7) is 7.37. The second kappa shape index (κ2) is 6.40. The van der Waals surface area contributed by atoms with Crippen molar-refractivity contribution in [3.8, 4) is 0 Å². The minimum atomic E-state index is -0.229. The van der Waals surface area contributed by atoms with Crippen LogP contribution in [0.3, 0.4) is 0 Å². The molecule has 3 nitrogen and oxygen atoms in total. The van der Waals surface area contributed by atoms with Gasteiger partial charge in [0.05, 0.1) is 22.0 Å². The van der Waals surface area contributed by atoms with Gasteiger partial charge in [-0.3, -0.25) is 4.68 Å². The highest BCUT2D eigenvalue weighted by Gasteiger charge is 2.29. The zero-order valence-electron chi connectivity index (χ0n) is 12.2. The number of hydrogen-bond donors (Lipinski definition) is 1. The van der Waals surface area contributed by atoms with Gasteiger partial charge in [0.15, 0.2) is 0 Å². The third kappa shape index (κ3) is 3.22. The molecule has 1 aliphatic rings. The maximum Gasteiger partial charge on any atom is 0.0766 e. The molecular formula is C15H25BrN2O. The summed E-state index contributed by atoms with van der Waals surface area (Å²) in [6, 6.07) is 0. The molecule has 3 atom stereocenters. The molecule has 4 heteroatoms. The molecule has 1 aromatic heterocycles. The Morgan fingerprint density at radius 2 is 2.16 bits per heavy atom. The first-order valence-electron chi connectivity index (χ1n) is 7.48. The van der Waals surface area contributed by atoms with Crippen molar-refractivity contribution in [2.75, 3.05) is 0 Å². The normalized spacial score (nSPS) is 24.9. The monoisotopic (exact) mass is 328 g/mol. The zero-order chi connectivity index (χ0) is 14.0. The zero-order valence-corrected chi connectivity index (χ0v) is 13.8. The van der Waals surface area contributed by atoms with Crippen LogP contribution in [-0.4, -0.2) is 21.0 Å². The van der Waals surface area contributed by atoms with Crippen LogP contribution in [-0.2, 0) is 19.4 Å². The first-order valence-corrected chi connectivity index (χ1v) is 8.28. The summed E-state index contributed by atoms with van der Waals surface area (Å²) < 4.78 is 3.13. The Bertz CT molecular complexity index is 430.